The van der Waals surface area contributed by atoms with Gasteiger partial charge in [-0.3, -0.25) is 9.55 Å². The van der Waals surface area contributed by atoms with Crippen LogP contribution in [0.4, 0.5) is 10.2 Å². The van der Waals surface area contributed by atoms with Crippen molar-refractivity contribution in [3.8, 4) is 22.9 Å². The van der Waals surface area contributed by atoms with Crippen LogP contribution in [-0.2, 0) is 17.9 Å². The Morgan fingerprint density at radius 1 is 1.34 bits per heavy atom. The minimum atomic E-state index is -0.565. The van der Waals surface area contributed by atoms with Crippen molar-refractivity contribution < 1.29 is 23.5 Å². The van der Waals surface area contributed by atoms with E-state index in [1.807, 2.05) is 6.07 Å². The Kier molecular flexibility index (Phi) is 5.09. The number of rotatable bonds is 6. The second kappa shape index (κ2) is 7.84. The van der Waals surface area contributed by atoms with Gasteiger partial charge in [-0.05, 0) is 28.7 Å². The van der Waals surface area contributed by atoms with Crippen LogP contribution in [0.2, 0.25) is 0 Å². The summed E-state index contributed by atoms with van der Waals surface area (Å²) in [5.41, 5.74) is 2.16. The molecule has 10 heteroatoms. The minimum absolute atomic E-state index is 0.188. The molecule has 0 saturated heterocycles. The van der Waals surface area contributed by atoms with Crippen molar-refractivity contribution in [2.75, 3.05) is 13.7 Å². The van der Waals surface area contributed by atoms with E-state index in [-0.39, 0.29) is 36.9 Å². The molecule has 1 aromatic carbocycles. The predicted octanol–water partition coefficient (Wildman–Crippen LogP) is 2.98. The molecular weight excluding hydrogens is 383 g/mol. The summed E-state index contributed by atoms with van der Waals surface area (Å²) >= 11 is 0. The smallest absolute Gasteiger partial charge is 0.414 e. The number of nitrogens with zero attached hydrogens (tertiary/aromatic N) is 4. The average Bonchev–Trinajstić information content (AvgIpc) is 3.16. The van der Waals surface area contributed by atoms with Gasteiger partial charge in [0.25, 0.3) is 0 Å². The second-order valence-electron chi connectivity index (χ2n) is 6.42. The van der Waals surface area contributed by atoms with E-state index in [0.717, 1.165) is 5.56 Å². The van der Waals surface area contributed by atoms with Crippen molar-refractivity contribution in [1.29, 1.82) is 0 Å². The fourth-order valence-corrected chi connectivity index (χ4v) is 2.99. The fourth-order valence-electron chi connectivity index (χ4n) is 2.99. The molecule has 2 aromatic heterocycles. The monoisotopic (exact) mass is 400 g/mol. The quantitative estimate of drug-likeness (QED) is 0.463. The first-order valence-electron chi connectivity index (χ1n) is 8.78. The van der Waals surface area contributed by atoms with Crippen LogP contribution in [0.25, 0.3) is 11.1 Å². The number of benzene rings is 1. The van der Waals surface area contributed by atoms with Crippen LogP contribution < -0.4 is 9.47 Å². The van der Waals surface area contributed by atoms with E-state index in [1.165, 1.54) is 19.4 Å². The Bertz CT molecular complexity index is 1040. The Balaban J connectivity index is 1.37. The molecule has 0 fully saturated rings. The van der Waals surface area contributed by atoms with Gasteiger partial charge >= 0.3 is 11.8 Å². The molecule has 0 aliphatic carbocycles. The first kappa shape index (κ1) is 18.8. The molecule has 0 N–H and O–H groups in total. The fraction of sp³-hybridized carbons (Fsp3) is 0.263. The molecule has 150 valence electrons. The van der Waals surface area contributed by atoms with Crippen molar-refractivity contribution in [1.82, 2.24) is 14.5 Å². The van der Waals surface area contributed by atoms with Gasteiger partial charge in [0.15, 0.2) is 11.6 Å². The molecule has 0 unspecified atom stereocenters. The van der Waals surface area contributed by atoms with Crippen LogP contribution in [0.15, 0.2) is 42.7 Å². The average molecular weight is 400 g/mol. The van der Waals surface area contributed by atoms with E-state index < -0.39 is 10.7 Å². The van der Waals surface area contributed by atoms with Crippen LogP contribution in [0.5, 0.6) is 11.8 Å². The lowest BCUT2D eigenvalue weighted by atomic mass is 10.1. The molecule has 0 saturated carbocycles. The summed E-state index contributed by atoms with van der Waals surface area (Å²) in [4.78, 5) is 18.4. The van der Waals surface area contributed by atoms with Gasteiger partial charge < -0.3 is 24.3 Å². The molecule has 3 aromatic rings. The highest BCUT2D eigenvalue weighted by molar-refractivity contribution is 5.63. The SMILES string of the molecule is COc1ccc(-c2ccc(CO[C@@H]3COc4nc([N+](=O)[O-])cn4C3)nc2)cc1F. The van der Waals surface area contributed by atoms with E-state index in [9.17, 15) is 14.5 Å². The Labute approximate surface area is 164 Å². The molecule has 9 nitrogen and oxygen atoms in total. The number of imidazole rings is 1. The van der Waals surface area contributed by atoms with Gasteiger partial charge in [0, 0.05) is 16.7 Å². The van der Waals surface area contributed by atoms with Crippen LogP contribution >= 0.6 is 0 Å². The van der Waals surface area contributed by atoms with E-state index in [2.05, 4.69) is 9.97 Å². The molecule has 0 spiro atoms. The van der Waals surface area contributed by atoms with E-state index in [4.69, 9.17) is 14.2 Å². The van der Waals surface area contributed by atoms with Crippen molar-refractivity contribution in [3.05, 3.63) is 64.4 Å². The van der Waals surface area contributed by atoms with Crippen molar-refractivity contribution in [2.45, 2.75) is 19.3 Å². The summed E-state index contributed by atoms with van der Waals surface area (Å²) in [6.07, 6.45) is 2.69. The molecule has 1 atom stereocenters. The third-order valence-corrected chi connectivity index (χ3v) is 4.49. The van der Waals surface area contributed by atoms with Crippen LogP contribution in [0, 0.1) is 15.9 Å². The minimum Gasteiger partial charge on any atom is -0.494 e. The lowest BCUT2D eigenvalue weighted by Crippen LogP contribution is -2.32. The number of hydrogen-bond donors (Lipinski definition) is 0. The largest absolute Gasteiger partial charge is 0.494 e. The summed E-state index contributed by atoms with van der Waals surface area (Å²) in [5, 5.41) is 10.8. The van der Waals surface area contributed by atoms with Gasteiger partial charge in [-0.1, -0.05) is 12.1 Å². The lowest BCUT2D eigenvalue weighted by Gasteiger charge is -2.22. The summed E-state index contributed by atoms with van der Waals surface area (Å²) in [6, 6.07) is 8.57. The summed E-state index contributed by atoms with van der Waals surface area (Å²) < 4.78 is 31.6. The van der Waals surface area contributed by atoms with E-state index in [1.54, 1.807) is 29.0 Å². The molecule has 1 aliphatic rings. The maximum absolute atomic E-state index is 13.9. The maximum atomic E-state index is 13.9. The molecule has 0 amide bonds. The third-order valence-electron chi connectivity index (χ3n) is 4.49. The highest BCUT2D eigenvalue weighted by atomic mass is 19.1. The van der Waals surface area contributed by atoms with Crippen LogP contribution in [0.3, 0.4) is 0 Å². The zero-order chi connectivity index (χ0) is 20.4. The number of aromatic nitrogens is 3. The normalized spacial score (nSPS) is 15.4. The van der Waals surface area contributed by atoms with Gasteiger partial charge in [-0.2, -0.15) is 0 Å². The Morgan fingerprint density at radius 2 is 2.17 bits per heavy atom. The van der Waals surface area contributed by atoms with Gasteiger partial charge in [-0.25, -0.2) is 4.39 Å². The summed E-state index contributed by atoms with van der Waals surface area (Å²) in [6.45, 7) is 0.897. The topological polar surface area (TPSA) is 102 Å². The van der Waals surface area contributed by atoms with Gasteiger partial charge in [0.1, 0.15) is 18.9 Å². The number of fused-ring (bicyclic) bond motifs is 1. The number of nitro groups is 1. The molecule has 3 heterocycles. The third kappa shape index (κ3) is 4.02. The van der Waals surface area contributed by atoms with Gasteiger partial charge in [-0.15, -0.1) is 0 Å². The molecule has 0 radical (unpaired) electrons. The first-order valence-corrected chi connectivity index (χ1v) is 8.78. The Morgan fingerprint density at radius 3 is 2.86 bits per heavy atom. The number of pyridine rings is 1. The number of ether oxygens (including phenoxy) is 3. The molecule has 4 rings (SSSR count). The maximum Gasteiger partial charge on any atom is 0.414 e. The molecule has 29 heavy (non-hydrogen) atoms. The highest BCUT2D eigenvalue weighted by Gasteiger charge is 2.28. The lowest BCUT2D eigenvalue weighted by molar-refractivity contribution is -0.389. The second-order valence-corrected chi connectivity index (χ2v) is 6.42. The van der Waals surface area contributed by atoms with Crippen LogP contribution in [-0.4, -0.2) is 39.3 Å². The first-order chi connectivity index (χ1) is 14.0. The zero-order valence-corrected chi connectivity index (χ0v) is 15.4. The van der Waals surface area contributed by atoms with E-state index >= 15 is 0 Å². The molecular formula is C19H17FN4O5. The number of halogens is 1. The van der Waals surface area contributed by atoms with Crippen molar-refractivity contribution in [3.63, 3.8) is 0 Å². The molecule has 1 aliphatic heterocycles. The van der Waals surface area contributed by atoms with E-state index in [0.29, 0.717) is 17.8 Å². The number of methoxy groups -OCH3 is 1. The van der Waals surface area contributed by atoms with Crippen LogP contribution in [0.1, 0.15) is 5.69 Å². The van der Waals surface area contributed by atoms with Gasteiger partial charge in [0.05, 0.1) is 26.0 Å². The van der Waals surface area contributed by atoms with Crippen molar-refractivity contribution in [2.24, 2.45) is 0 Å². The summed E-state index contributed by atoms with van der Waals surface area (Å²) in [5.74, 6) is -0.505. The zero-order valence-electron chi connectivity index (χ0n) is 15.4. The molecule has 0 bridgehead atoms. The van der Waals surface area contributed by atoms with Gasteiger partial charge in [0.2, 0.25) is 0 Å². The van der Waals surface area contributed by atoms with Crippen molar-refractivity contribution >= 4 is 5.82 Å². The predicted molar refractivity (Wildman–Crippen MR) is 99.1 cm³/mol. The highest BCUT2D eigenvalue weighted by Crippen LogP contribution is 2.26. The standard InChI is InChI=1S/C19H17FN4O5/c1-27-17-5-3-12(6-16(17)20)13-2-4-14(21-7-13)10-28-15-8-23-9-18(24(25)26)22-19(23)29-11-15/h2-7,9,15H,8,10-11H2,1H3/t15-/m0/s1. The Hall–Kier alpha value is -3.53. The summed E-state index contributed by atoms with van der Waals surface area (Å²) in [7, 11) is 1.42. The number of hydrogen-bond acceptors (Lipinski definition) is 7.